The Morgan fingerprint density at radius 3 is 2.53 bits per heavy atom. The highest BCUT2D eigenvalue weighted by Gasteiger charge is 2.47. The first kappa shape index (κ1) is 13.4. The zero-order valence-electron chi connectivity index (χ0n) is 10.6. The van der Waals surface area contributed by atoms with Gasteiger partial charge in [-0.1, -0.05) is 12.1 Å². The Morgan fingerprint density at radius 2 is 2.11 bits per heavy atom. The average Bonchev–Trinajstić information content (AvgIpc) is 2.66. The van der Waals surface area contributed by atoms with Gasteiger partial charge in [0.2, 0.25) is 0 Å². The zero-order chi connectivity index (χ0) is 14.2. The van der Waals surface area contributed by atoms with E-state index in [4.69, 9.17) is 9.94 Å². The minimum absolute atomic E-state index is 0.00585. The summed E-state index contributed by atoms with van der Waals surface area (Å²) in [6.07, 6.45) is 0.288. The number of carboxylic acids is 1. The molecule has 0 aromatic heterocycles. The maximum Gasteiger partial charge on any atom is 0.337 e. The molecule has 1 saturated heterocycles. The lowest BCUT2D eigenvalue weighted by atomic mass is 9.94. The second-order valence-electron chi connectivity index (χ2n) is 4.74. The zero-order valence-corrected chi connectivity index (χ0v) is 10.6. The second-order valence-corrected chi connectivity index (χ2v) is 4.74. The Morgan fingerprint density at radius 1 is 1.53 bits per heavy atom. The van der Waals surface area contributed by atoms with Crippen LogP contribution in [0.25, 0.3) is 0 Å². The van der Waals surface area contributed by atoms with Crippen molar-refractivity contribution in [3.63, 3.8) is 0 Å². The number of carboxylic acid groups (broad SMARTS) is 1. The molecule has 102 valence electrons. The van der Waals surface area contributed by atoms with Crippen LogP contribution in [0.1, 0.15) is 24.9 Å². The van der Waals surface area contributed by atoms with Gasteiger partial charge in [-0.3, -0.25) is 15.0 Å². The molecule has 7 nitrogen and oxygen atoms in total. The lowest BCUT2D eigenvalue weighted by Crippen LogP contribution is -2.35. The first-order valence-corrected chi connectivity index (χ1v) is 5.73. The van der Waals surface area contributed by atoms with Crippen LogP contribution in [0.15, 0.2) is 24.3 Å². The number of aliphatic carboxylic acids is 1. The molecule has 2 rings (SSSR count). The molecular weight excluding hydrogens is 252 g/mol. The van der Waals surface area contributed by atoms with Crippen molar-refractivity contribution >= 4 is 11.7 Å². The summed E-state index contributed by atoms with van der Waals surface area (Å²) in [7, 11) is 1.65. The van der Waals surface area contributed by atoms with Gasteiger partial charge in [-0.2, -0.15) is 5.06 Å². The summed E-state index contributed by atoms with van der Waals surface area (Å²) < 4.78 is 0. The summed E-state index contributed by atoms with van der Waals surface area (Å²) >= 11 is 0. The molecule has 1 heterocycles. The Hall–Kier alpha value is -1.99. The molecule has 2 atom stereocenters. The molecular formula is C12H14N2O5. The van der Waals surface area contributed by atoms with Crippen LogP contribution in [-0.4, -0.2) is 33.7 Å². The van der Waals surface area contributed by atoms with Crippen molar-refractivity contribution < 1.29 is 19.7 Å². The monoisotopic (exact) mass is 266 g/mol. The van der Waals surface area contributed by atoms with Crippen molar-refractivity contribution in [3.05, 3.63) is 39.9 Å². The quantitative estimate of drug-likeness (QED) is 0.661. The minimum atomic E-state index is -1.26. The summed E-state index contributed by atoms with van der Waals surface area (Å²) in [5.74, 6) is -1.02. The van der Waals surface area contributed by atoms with Crippen LogP contribution in [-0.2, 0) is 9.63 Å². The van der Waals surface area contributed by atoms with Gasteiger partial charge in [0.15, 0.2) is 5.60 Å². The summed E-state index contributed by atoms with van der Waals surface area (Å²) in [4.78, 5) is 26.6. The number of nitro benzene ring substituents is 1. The number of hydrogen-bond acceptors (Lipinski definition) is 5. The molecule has 1 N–H and O–H groups in total. The number of non-ortho nitro benzene ring substituents is 1. The standard InChI is InChI=1S/C12H14N2O5/c1-12(11(15)16)7-10(13(2)19-12)8-3-5-9(6-4-8)14(17)18/h3-6,10H,7H2,1-2H3,(H,15,16)/t10-,12+/m0/s1. The molecule has 1 aliphatic rings. The fourth-order valence-electron chi connectivity index (χ4n) is 2.19. The molecule has 1 fully saturated rings. The summed E-state index contributed by atoms with van der Waals surface area (Å²) in [6.45, 7) is 1.51. The van der Waals surface area contributed by atoms with Gasteiger partial charge in [-0.25, -0.2) is 4.79 Å². The molecule has 1 aromatic carbocycles. The highest BCUT2D eigenvalue weighted by atomic mass is 16.7. The summed E-state index contributed by atoms with van der Waals surface area (Å²) in [5, 5.41) is 21.2. The number of rotatable bonds is 3. The SMILES string of the molecule is CN1O[C@@](C)(C(=O)O)C[C@H]1c1ccc([N+](=O)[O-])cc1. The van der Waals surface area contributed by atoms with E-state index in [9.17, 15) is 14.9 Å². The van der Waals surface area contributed by atoms with Crippen LogP contribution in [0.5, 0.6) is 0 Å². The van der Waals surface area contributed by atoms with Gasteiger partial charge in [0.1, 0.15) is 0 Å². The van der Waals surface area contributed by atoms with Crippen molar-refractivity contribution in [3.8, 4) is 0 Å². The molecule has 7 heteroatoms. The lowest BCUT2D eigenvalue weighted by Gasteiger charge is -2.18. The van der Waals surface area contributed by atoms with Crippen LogP contribution < -0.4 is 0 Å². The van der Waals surface area contributed by atoms with E-state index < -0.39 is 16.5 Å². The third kappa shape index (κ3) is 2.42. The normalized spacial score (nSPS) is 27.4. The van der Waals surface area contributed by atoms with E-state index in [1.165, 1.54) is 24.1 Å². The molecule has 0 aliphatic carbocycles. The van der Waals surface area contributed by atoms with Gasteiger partial charge in [0.25, 0.3) is 5.69 Å². The number of nitrogens with zero attached hydrogens (tertiary/aromatic N) is 2. The Labute approximate surface area is 109 Å². The van der Waals surface area contributed by atoms with Crippen molar-refractivity contribution in [1.82, 2.24) is 5.06 Å². The maximum atomic E-state index is 11.1. The number of benzene rings is 1. The van der Waals surface area contributed by atoms with Gasteiger partial charge < -0.3 is 5.11 Å². The molecule has 0 radical (unpaired) electrons. The molecule has 0 amide bonds. The molecule has 19 heavy (non-hydrogen) atoms. The topological polar surface area (TPSA) is 92.9 Å². The lowest BCUT2D eigenvalue weighted by molar-refractivity contribution is -0.384. The average molecular weight is 266 g/mol. The highest BCUT2D eigenvalue weighted by molar-refractivity contribution is 5.77. The van der Waals surface area contributed by atoms with Crippen molar-refractivity contribution in [2.45, 2.75) is 25.0 Å². The molecule has 0 bridgehead atoms. The number of hydroxylamine groups is 2. The van der Waals surface area contributed by atoms with Gasteiger partial charge in [-0.05, 0) is 12.5 Å². The minimum Gasteiger partial charge on any atom is -0.479 e. The van der Waals surface area contributed by atoms with Crippen molar-refractivity contribution in [1.29, 1.82) is 0 Å². The maximum absolute atomic E-state index is 11.1. The van der Waals surface area contributed by atoms with E-state index in [0.29, 0.717) is 0 Å². The molecule has 0 unspecified atom stereocenters. The number of hydrogen-bond donors (Lipinski definition) is 1. The van der Waals surface area contributed by atoms with E-state index in [0.717, 1.165) is 5.56 Å². The third-order valence-corrected chi connectivity index (χ3v) is 3.31. The summed E-state index contributed by atoms with van der Waals surface area (Å²) in [5.41, 5.74) is -0.467. The van der Waals surface area contributed by atoms with Crippen LogP contribution in [0.2, 0.25) is 0 Å². The number of nitro groups is 1. The highest BCUT2D eigenvalue weighted by Crippen LogP contribution is 2.39. The van der Waals surface area contributed by atoms with Crippen molar-refractivity contribution in [2.24, 2.45) is 0 Å². The molecule has 1 aliphatic heterocycles. The van der Waals surface area contributed by atoms with E-state index in [2.05, 4.69) is 0 Å². The first-order valence-electron chi connectivity index (χ1n) is 5.73. The Balaban J connectivity index is 2.23. The fourth-order valence-corrected chi connectivity index (χ4v) is 2.19. The van der Waals surface area contributed by atoms with Crippen molar-refractivity contribution in [2.75, 3.05) is 7.05 Å². The van der Waals surface area contributed by atoms with Gasteiger partial charge in [0, 0.05) is 25.6 Å². The van der Waals surface area contributed by atoms with Crippen LogP contribution in [0.4, 0.5) is 5.69 Å². The Kier molecular flexibility index (Phi) is 3.25. The molecule has 0 spiro atoms. The number of carbonyl (C=O) groups is 1. The van der Waals surface area contributed by atoms with Crippen LogP contribution >= 0.6 is 0 Å². The second kappa shape index (κ2) is 4.60. The fraction of sp³-hybridized carbons (Fsp3) is 0.417. The third-order valence-electron chi connectivity index (χ3n) is 3.31. The van der Waals surface area contributed by atoms with E-state index in [1.807, 2.05) is 0 Å². The van der Waals surface area contributed by atoms with Gasteiger partial charge >= 0.3 is 5.97 Å². The van der Waals surface area contributed by atoms with Crippen LogP contribution in [0, 0.1) is 10.1 Å². The van der Waals surface area contributed by atoms with Gasteiger partial charge in [0.05, 0.1) is 11.0 Å². The van der Waals surface area contributed by atoms with E-state index in [-0.39, 0.29) is 18.2 Å². The smallest absolute Gasteiger partial charge is 0.337 e. The summed E-state index contributed by atoms with van der Waals surface area (Å²) in [6, 6.07) is 5.81. The van der Waals surface area contributed by atoms with Gasteiger partial charge in [-0.15, -0.1) is 0 Å². The largest absolute Gasteiger partial charge is 0.479 e. The van der Waals surface area contributed by atoms with E-state index in [1.54, 1.807) is 19.2 Å². The van der Waals surface area contributed by atoms with Crippen LogP contribution in [0.3, 0.4) is 0 Å². The predicted molar refractivity (Wildman–Crippen MR) is 65.3 cm³/mol. The van der Waals surface area contributed by atoms with E-state index >= 15 is 0 Å². The molecule has 0 saturated carbocycles. The first-order chi connectivity index (χ1) is 8.83. The predicted octanol–water partition coefficient (Wildman–Crippen LogP) is 1.75. The Bertz CT molecular complexity index is 515. The molecule has 1 aromatic rings.